The van der Waals surface area contributed by atoms with Gasteiger partial charge < -0.3 is 4.84 Å². The minimum absolute atomic E-state index is 0.425. The molecule has 0 atom stereocenters. The van der Waals surface area contributed by atoms with Crippen LogP contribution in [-0.2, 0) is 11.3 Å². The zero-order chi connectivity index (χ0) is 9.52. The number of hydrogen-bond donors (Lipinski definition) is 0. The highest BCUT2D eigenvalue weighted by Gasteiger charge is 1.92. The lowest BCUT2D eigenvalue weighted by atomic mass is 10.1. The van der Waals surface area contributed by atoms with Crippen LogP contribution in [0.3, 0.4) is 0 Å². The van der Waals surface area contributed by atoms with Gasteiger partial charge in [-0.25, -0.2) is 0 Å². The summed E-state index contributed by atoms with van der Waals surface area (Å²) in [5.74, 6) is 0. The molecular weight excluding hydrogens is 164 g/mol. The van der Waals surface area contributed by atoms with E-state index in [1.54, 1.807) is 6.21 Å². The number of rotatable bonds is 3. The molecule has 1 aromatic carbocycles. The van der Waals surface area contributed by atoms with Crippen molar-refractivity contribution in [3.8, 4) is 6.07 Å². The van der Waals surface area contributed by atoms with Gasteiger partial charge in [-0.3, -0.25) is 0 Å². The third-order valence-electron chi connectivity index (χ3n) is 1.54. The Balaban J connectivity index is 2.80. The second-order valence-electron chi connectivity index (χ2n) is 2.50. The molecule has 0 unspecified atom stereocenters. The molecule has 3 heteroatoms. The van der Waals surface area contributed by atoms with Gasteiger partial charge in [0, 0.05) is 0 Å². The van der Waals surface area contributed by atoms with E-state index in [0.29, 0.717) is 6.42 Å². The minimum Gasteiger partial charge on any atom is -0.399 e. The fourth-order valence-electron chi connectivity index (χ4n) is 0.988. The Morgan fingerprint density at radius 1 is 1.62 bits per heavy atom. The number of benzene rings is 1. The molecule has 0 saturated carbocycles. The molecule has 0 aliphatic carbocycles. The first kappa shape index (κ1) is 9.27. The molecule has 66 valence electrons. The Morgan fingerprint density at radius 3 is 3.15 bits per heavy atom. The zero-order valence-corrected chi connectivity index (χ0v) is 7.40. The molecular formula is C10H10N2O. The fourth-order valence-corrected chi connectivity index (χ4v) is 0.988. The van der Waals surface area contributed by atoms with Crippen molar-refractivity contribution in [3.63, 3.8) is 0 Å². The van der Waals surface area contributed by atoms with Gasteiger partial charge in [-0.05, 0) is 17.2 Å². The Bertz CT molecular complexity index is 339. The monoisotopic (exact) mass is 174 g/mol. The maximum absolute atomic E-state index is 8.48. The van der Waals surface area contributed by atoms with E-state index in [9.17, 15) is 0 Å². The highest BCUT2D eigenvalue weighted by Crippen LogP contribution is 2.03. The van der Waals surface area contributed by atoms with Gasteiger partial charge in [-0.2, -0.15) is 5.26 Å². The molecule has 0 aromatic heterocycles. The van der Waals surface area contributed by atoms with Crippen LogP contribution in [0.4, 0.5) is 0 Å². The van der Waals surface area contributed by atoms with Gasteiger partial charge in [0.05, 0.1) is 18.7 Å². The van der Waals surface area contributed by atoms with Gasteiger partial charge in [0.15, 0.2) is 0 Å². The van der Waals surface area contributed by atoms with E-state index in [1.807, 2.05) is 24.3 Å². The van der Waals surface area contributed by atoms with Crippen LogP contribution < -0.4 is 0 Å². The predicted octanol–water partition coefficient (Wildman–Crippen LogP) is 1.73. The first-order valence-corrected chi connectivity index (χ1v) is 3.89. The molecule has 0 aliphatic rings. The number of nitrogens with zero attached hydrogens (tertiary/aromatic N) is 2. The van der Waals surface area contributed by atoms with Crippen LogP contribution in [-0.4, -0.2) is 13.3 Å². The van der Waals surface area contributed by atoms with Crippen molar-refractivity contribution in [1.29, 1.82) is 5.26 Å². The Kier molecular flexibility index (Phi) is 3.52. The SMILES string of the molecule is CON=Cc1cccc(CC#N)c1. The van der Waals surface area contributed by atoms with Gasteiger partial charge in [-0.15, -0.1) is 0 Å². The summed E-state index contributed by atoms with van der Waals surface area (Å²) in [7, 11) is 1.50. The largest absolute Gasteiger partial charge is 0.399 e. The van der Waals surface area contributed by atoms with Crippen LogP contribution in [0.25, 0.3) is 0 Å². The van der Waals surface area contributed by atoms with Crippen molar-refractivity contribution < 1.29 is 4.84 Å². The molecule has 0 aliphatic heterocycles. The van der Waals surface area contributed by atoms with E-state index >= 15 is 0 Å². The van der Waals surface area contributed by atoms with Gasteiger partial charge in [0.25, 0.3) is 0 Å². The van der Waals surface area contributed by atoms with Crippen molar-refractivity contribution >= 4 is 6.21 Å². The van der Waals surface area contributed by atoms with E-state index in [0.717, 1.165) is 11.1 Å². The van der Waals surface area contributed by atoms with Crippen molar-refractivity contribution in [2.24, 2.45) is 5.16 Å². The van der Waals surface area contributed by atoms with Crippen LogP contribution in [0, 0.1) is 11.3 Å². The summed E-state index contributed by atoms with van der Waals surface area (Å²) >= 11 is 0. The lowest BCUT2D eigenvalue weighted by Gasteiger charge is -1.95. The van der Waals surface area contributed by atoms with Gasteiger partial charge in [0.1, 0.15) is 7.11 Å². The van der Waals surface area contributed by atoms with E-state index in [4.69, 9.17) is 5.26 Å². The fraction of sp³-hybridized carbons (Fsp3) is 0.200. The van der Waals surface area contributed by atoms with Crippen molar-refractivity contribution in [3.05, 3.63) is 35.4 Å². The molecule has 0 N–H and O–H groups in total. The maximum atomic E-state index is 8.48. The normalized spacial score (nSPS) is 9.85. The van der Waals surface area contributed by atoms with Crippen LogP contribution in [0.5, 0.6) is 0 Å². The average molecular weight is 174 g/mol. The average Bonchev–Trinajstić information content (AvgIpc) is 2.16. The predicted molar refractivity (Wildman–Crippen MR) is 50.4 cm³/mol. The van der Waals surface area contributed by atoms with E-state index in [-0.39, 0.29) is 0 Å². The molecule has 1 aromatic rings. The lowest BCUT2D eigenvalue weighted by molar-refractivity contribution is 0.215. The third-order valence-corrected chi connectivity index (χ3v) is 1.54. The quantitative estimate of drug-likeness (QED) is 0.517. The third kappa shape index (κ3) is 2.96. The highest BCUT2D eigenvalue weighted by atomic mass is 16.6. The number of nitriles is 1. The van der Waals surface area contributed by atoms with E-state index in [2.05, 4.69) is 16.1 Å². The minimum atomic E-state index is 0.425. The summed E-state index contributed by atoms with van der Waals surface area (Å²) in [6.07, 6.45) is 2.04. The van der Waals surface area contributed by atoms with Crippen molar-refractivity contribution in [1.82, 2.24) is 0 Å². The molecule has 0 amide bonds. The van der Waals surface area contributed by atoms with Crippen LogP contribution in [0.15, 0.2) is 29.4 Å². The second kappa shape index (κ2) is 4.94. The van der Waals surface area contributed by atoms with E-state index < -0.39 is 0 Å². The Morgan fingerprint density at radius 2 is 2.46 bits per heavy atom. The molecule has 13 heavy (non-hydrogen) atoms. The molecule has 0 spiro atoms. The molecule has 0 fully saturated rings. The van der Waals surface area contributed by atoms with Crippen molar-refractivity contribution in [2.75, 3.05) is 7.11 Å². The van der Waals surface area contributed by atoms with E-state index in [1.165, 1.54) is 7.11 Å². The Labute approximate surface area is 77.2 Å². The van der Waals surface area contributed by atoms with Crippen molar-refractivity contribution in [2.45, 2.75) is 6.42 Å². The molecule has 0 radical (unpaired) electrons. The molecule has 1 rings (SSSR count). The summed E-state index contributed by atoms with van der Waals surface area (Å²) in [4.78, 5) is 4.55. The highest BCUT2D eigenvalue weighted by molar-refractivity contribution is 5.79. The summed E-state index contributed by atoms with van der Waals surface area (Å²) in [6.45, 7) is 0. The number of hydrogen-bond acceptors (Lipinski definition) is 3. The van der Waals surface area contributed by atoms with Crippen LogP contribution in [0.1, 0.15) is 11.1 Å². The molecule has 3 nitrogen and oxygen atoms in total. The van der Waals surface area contributed by atoms with Crippen LogP contribution >= 0.6 is 0 Å². The van der Waals surface area contributed by atoms with Gasteiger partial charge in [0.2, 0.25) is 0 Å². The molecule has 0 saturated heterocycles. The van der Waals surface area contributed by atoms with Crippen LogP contribution in [0.2, 0.25) is 0 Å². The Hall–Kier alpha value is -1.82. The summed E-state index contributed by atoms with van der Waals surface area (Å²) in [5.41, 5.74) is 1.93. The summed E-state index contributed by atoms with van der Waals surface area (Å²) in [5, 5.41) is 12.1. The maximum Gasteiger partial charge on any atom is 0.106 e. The van der Waals surface area contributed by atoms with Gasteiger partial charge in [-0.1, -0.05) is 23.4 Å². The molecule has 0 bridgehead atoms. The number of oxime groups is 1. The first-order chi connectivity index (χ1) is 6.36. The smallest absolute Gasteiger partial charge is 0.106 e. The second-order valence-corrected chi connectivity index (χ2v) is 2.50. The topological polar surface area (TPSA) is 45.4 Å². The first-order valence-electron chi connectivity index (χ1n) is 3.89. The summed E-state index contributed by atoms with van der Waals surface area (Å²) < 4.78 is 0. The molecule has 0 heterocycles. The zero-order valence-electron chi connectivity index (χ0n) is 7.40. The standard InChI is InChI=1S/C10H10N2O/c1-13-12-8-10-4-2-3-9(7-10)5-6-11/h2-4,7-8H,5H2,1H3. The summed E-state index contributed by atoms with van der Waals surface area (Å²) in [6, 6.07) is 9.71. The lowest BCUT2D eigenvalue weighted by Crippen LogP contribution is -1.86. The van der Waals surface area contributed by atoms with Gasteiger partial charge >= 0.3 is 0 Å².